The number of likely N-dealkylation sites (tertiary alicyclic amines) is 1. The molecule has 0 radical (unpaired) electrons. The molecule has 3 N–H and O–H groups in total. The van der Waals surface area contributed by atoms with Crippen LogP contribution in [0, 0.1) is 17.2 Å². The molecule has 5 rings (SSSR count). The molecule has 47 heavy (non-hydrogen) atoms. The molecule has 0 bridgehead atoms. The van der Waals surface area contributed by atoms with Gasteiger partial charge in [0.2, 0.25) is 11.8 Å². The van der Waals surface area contributed by atoms with Gasteiger partial charge in [-0.3, -0.25) is 14.5 Å². The first kappa shape index (κ1) is 34.2. The third kappa shape index (κ3) is 9.03. The zero-order chi connectivity index (χ0) is 33.3. The minimum atomic E-state index is -1.10. The van der Waals surface area contributed by atoms with E-state index >= 15 is 0 Å². The number of piperazine rings is 1. The van der Waals surface area contributed by atoms with Gasteiger partial charge in [0, 0.05) is 69.6 Å². The van der Waals surface area contributed by atoms with Gasteiger partial charge < -0.3 is 20.9 Å². The number of hydrogen-bond donors (Lipinski definition) is 3. The van der Waals surface area contributed by atoms with Gasteiger partial charge in [0.05, 0.1) is 10.7 Å². The van der Waals surface area contributed by atoms with Crippen molar-refractivity contribution in [2.45, 2.75) is 42.8 Å². The molecular formula is C34H44FN9O2S. The molecule has 0 aliphatic carbocycles. The molecule has 2 aliphatic rings. The average molecular weight is 662 g/mol. The number of nitriles is 1. The van der Waals surface area contributed by atoms with Crippen LogP contribution >= 0.6 is 10.9 Å². The first-order valence-corrected chi connectivity index (χ1v) is 18.0. The molecule has 1 aromatic carbocycles. The Morgan fingerprint density at radius 3 is 2.40 bits per heavy atom. The van der Waals surface area contributed by atoms with E-state index in [1.54, 1.807) is 24.3 Å². The second kappa shape index (κ2) is 16.1. The summed E-state index contributed by atoms with van der Waals surface area (Å²) in [7, 11) is -1.10. The van der Waals surface area contributed by atoms with Crippen molar-refractivity contribution in [3.05, 3.63) is 53.7 Å². The highest BCUT2D eigenvalue weighted by atomic mass is 32.2. The van der Waals surface area contributed by atoms with Gasteiger partial charge in [-0.05, 0) is 68.8 Å². The number of carbonyl (C=O) groups is 2. The van der Waals surface area contributed by atoms with Crippen molar-refractivity contribution in [2.24, 2.45) is 5.92 Å². The number of pyridine rings is 1. The Balaban J connectivity index is 1.16. The van der Waals surface area contributed by atoms with Crippen LogP contribution in [0.3, 0.4) is 0 Å². The highest BCUT2D eigenvalue weighted by Crippen LogP contribution is 2.40. The van der Waals surface area contributed by atoms with Gasteiger partial charge in [-0.25, -0.2) is 19.3 Å². The average Bonchev–Trinajstić information content (AvgIpc) is 3.08. The lowest BCUT2D eigenvalue weighted by atomic mass is 9.96. The minimum Gasteiger partial charge on any atom is -0.382 e. The Labute approximate surface area is 278 Å². The van der Waals surface area contributed by atoms with Crippen molar-refractivity contribution in [3.8, 4) is 17.3 Å². The summed E-state index contributed by atoms with van der Waals surface area (Å²) >= 11 is 0. The maximum atomic E-state index is 13.1. The lowest BCUT2D eigenvalue weighted by Crippen LogP contribution is -2.50. The molecule has 3 aromatic rings. The van der Waals surface area contributed by atoms with Crippen LogP contribution < -0.4 is 11.1 Å². The molecule has 0 saturated carbocycles. The number of aromatic nitrogens is 3. The summed E-state index contributed by atoms with van der Waals surface area (Å²) < 4.78 is 12.6. The molecule has 250 valence electrons. The van der Waals surface area contributed by atoms with E-state index in [1.807, 2.05) is 29.4 Å². The smallest absolute Gasteiger partial charge is 0.223 e. The lowest BCUT2D eigenvalue weighted by molar-refractivity contribution is -0.133. The highest BCUT2D eigenvalue weighted by molar-refractivity contribution is 8.16. The fraction of sp³-hybridized carbons (Fsp3) is 0.471. The first-order chi connectivity index (χ1) is 22.7. The van der Waals surface area contributed by atoms with Crippen LogP contribution in [0.1, 0.15) is 37.4 Å². The molecule has 2 aliphatic heterocycles. The number of nitrogen functional groups attached to an aromatic ring is 1. The molecule has 1 atom stereocenters. The number of nitrogens with one attached hydrogen (secondary N) is 1. The summed E-state index contributed by atoms with van der Waals surface area (Å²) in [6, 6.07) is 15.0. The van der Waals surface area contributed by atoms with Crippen molar-refractivity contribution in [2.75, 3.05) is 76.3 Å². The largest absolute Gasteiger partial charge is 0.382 e. The molecular weight excluding hydrogens is 618 g/mol. The fourth-order valence-corrected chi connectivity index (χ4v) is 7.50. The van der Waals surface area contributed by atoms with Gasteiger partial charge in [-0.1, -0.05) is 18.2 Å². The van der Waals surface area contributed by atoms with Crippen LogP contribution in [0.15, 0.2) is 52.6 Å². The zero-order valence-electron chi connectivity index (χ0n) is 27.2. The normalized spacial score (nSPS) is 17.2. The number of hydrogen-bond acceptors (Lipinski definition) is 9. The summed E-state index contributed by atoms with van der Waals surface area (Å²) in [6.45, 7) is 7.99. The third-order valence-corrected chi connectivity index (χ3v) is 10.6. The van der Waals surface area contributed by atoms with Gasteiger partial charge in [0.15, 0.2) is 5.16 Å². The predicted molar refractivity (Wildman–Crippen MR) is 183 cm³/mol. The molecule has 11 nitrogen and oxygen atoms in total. The Morgan fingerprint density at radius 1 is 1.02 bits per heavy atom. The number of aryl methyl sites for hydroxylation is 1. The van der Waals surface area contributed by atoms with Crippen molar-refractivity contribution in [3.63, 3.8) is 0 Å². The quantitative estimate of drug-likeness (QED) is 0.207. The minimum absolute atomic E-state index is 0.105. The molecule has 4 heterocycles. The van der Waals surface area contributed by atoms with Gasteiger partial charge in [-0.15, -0.1) is 0 Å². The second-order valence-electron chi connectivity index (χ2n) is 12.2. The molecule has 0 spiro atoms. The number of amides is 2. The number of halogens is 1. The fourth-order valence-electron chi connectivity index (χ4n) is 6.20. The number of benzene rings is 1. The van der Waals surface area contributed by atoms with Crippen LogP contribution in [-0.4, -0.2) is 107 Å². The van der Waals surface area contributed by atoms with E-state index in [4.69, 9.17) is 15.7 Å². The van der Waals surface area contributed by atoms with E-state index in [0.29, 0.717) is 47.4 Å². The van der Waals surface area contributed by atoms with E-state index < -0.39 is 10.9 Å². The predicted octanol–water partition coefficient (Wildman–Crippen LogP) is 3.76. The van der Waals surface area contributed by atoms with E-state index in [-0.39, 0.29) is 29.9 Å². The Kier molecular flexibility index (Phi) is 11.7. The third-order valence-electron chi connectivity index (χ3n) is 8.90. The summed E-state index contributed by atoms with van der Waals surface area (Å²) in [5.41, 5.74) is 9.02. The molecule has 2 aromatic heterocycles. The number of piperidine rings is 1. The molecule has 13 heteroatoms. The van der Waals surface area contributed by atoms with Gasteiger partial charge in [-0.2, -0.15) is 16.2 Å². The Bertz CT molecular complexity index is 1580. The summed E-state index contributed by atoms with van der Waals surface area (Å²) in [5.74, 6) is 0.727. The van der Waals surface area contributed by atoms with Crippen molar-refractivity contribution in [1.29, 1.82) is 5.26 Å². The number of carbonyl (C=O) groups excluding carboxylic acids is 2. The van der Waals surface area contributed by atoms with Crippen molar-refractivity contribution >= 4 is 34.2 Å². The van der Waals surface area contributed by atoms with E-state index in [9.17, 15) is 19.2 Å². The molecule has 2 fully saturated rings. The SMILES string of the molecule is CC(=O)Nc1ccc(-c2nc([SH](C)c3cccc(CCC(=O)N4CCN(CC5CCN(CCF)CC5)CC4)n3)nc(N)c2C#N)cc1. The number of nitrogens with two attached hydrogens (primary N) is 1. The number of alkyl halides is 1. The topological polar surface area (TPSA) is 144 Å². The maximum absolute atomic E-state index is 13.1. The van der Waals surface area contributed by atoms with Gasteiger partial charge in [0.25, 0.3) is 0 Å². The second-order valence-corrected chi connectivity index (χ2v) is 14.2. The van der Waals surface area contributed by atoms with E-state index in [0.717, 1.165) is 69.4 Å². The molecule has 2 saturated heterocycles. The summed E-state index contributed by atoms with van der Waals surface area (Å²) in [5, 5.41) is 13.8. The first-order valence-electron chi connectivity index (χ1n) is 16.2. The Morgan fingerprint density at radius 2 is 1.74 bits per heavy atom. The van der Waals surface area contributed by atoms with Crippen LogP contribution in [0.2, 0.25) is 0 Å². The van der Waals surface area contributed by atoms with E-state index in [1.165, 1.54) is 6.92 Å². The number of rotatable bonds is 11. The molecule has 1 unspecified atom stereocenters. The number of thiol groups is 1. The van der Waals surface area contributed by atoms with Gasteiger partial charge >= 0.3 is 0 Å². The van der Waals surface area contributed by atoms with Crippen LogP contribution in [0.5, 0.6) is 0 Å². The standard InChI is InChI=1S/C34H44FN9O2S/c1-24(45)38-28-8-6-26(7-9-28)32-29(22-36)33(37)41-34(40-32)47(2)30-5-3-4-27(39-30)10-11-31(46)44-20-18-43(19-21-44)23-25-12-15-42(16-13-25)17-14-35/h3-9,25,47H,10-21,23H2,1-2H3,(H,38,45)(H2,37,40,41). The zero-order valence-corrected chi connectivity index (χ0v) is 28.1. The monoisotopic (exact) mass is 661 g/mol. The summed E-state index contributed by atoms with van der Waals surface area (Å²) in [4.78, 5) is 45.3. The number of nitrogens with zero attached hydrogens (tertiary/aromatic N) is 7. The van der Waals surface area contributed by atoms with Gasteiger partial charge in [0.1, 0.15) is 24.1 Å². The lowest BCUT2D eigenvalue weighted by Gasteiger charge is -2.38. The summed E-state index contributed by atoms with van der Waals surface area (Å²) in [6.07, 6.45) is 5.17. The molecule has 2 amide bonds. The highest BCUT2D eigenvalue weighted by Gasteiger charge is 2.25. The van der Waals surface area contributed by atoms with E-state index in [2.05, 4.69) is 26.2 Å². The number of anilines is 2. The van der Waals surface area contributed by atoms with Crippen LogP contribution in [0.4, 0.5) is 15.9 Å². The van der Waals surface area contributed by atoms with Crippen molar-refractivity contribution in [1.82, 2.24) is 29.7 Å². The van der Waals surface area contributed by atoms with Crippen molar-refractivity contribution < 1.29 is 14.0 Å². The Hall–Kier alpha value is -4.12. The van der Waals surface area contributed by atoms with Crippen LogP contribution in [0.25, 0.3) is 11.3 Å². The maximum Gasteiger partial charge on any atom is 0.223 e. The van der Waals surface area contributed by atoms with Crippen LogP contribution in [-0.2, 0) is 16.0 Å².